The lowest BCUT2D eigenvalue weighted by Crippen LogP contribution is -2.33. The third kappa shape index (κ3) is 5.21. The minimum Gasteiger partial charge on any atom is -0.508 e. The van der Waals surface area contributed by atoms with E-state index in [0.717, 1.165) is 29.8 Å². The fourth-order valence-corrected chi connectivity index (χ4v) is 2.94. The first-order chi connectivity index (χ1) is 11.9. The van der Waals surface area contributed by atoms with Gasteiger partial charge in [0, 0.05) is 6.04 Å². The Balaban J connectivity index is 1.91. The molecule has 0 saturated carbocycles. The summed E-state index contributed by atoms with van der Waals surface area (Å²) in [7, 11) is 0. The lowest BCUT2D eigenvalue weighted by atomic mass is 10.0. The van der Waals surface area contributed by atoms with E-state index in [1.165, 1.54) is 11.1 Å². The van der Waals surface area contributed by atoms with Crippen LogP contribution in [-0.2, 0) is 6.42 Å². The van der Waals surface area contributed by atoms with Crippen LogP contribution in [0.4, 0.5) is 0 Å². The van der Waals surface area contributed by atoms with E-state index < -0.39 is 6.10 Å². The highest BCUT2D eigenvalue weighted by molar-refractivity contribution is 5.41. The van der Waals surface area contributed by atoms with Crippen molar-refractivity contribution in [3.63, 3.8) is 0 Å². The van der Waals surface area contributed by atoms with Crippen molar-refractivity contribution in [1.82, 2.24) is 5.32 Å². The van der Waals surface area contributed by atoms with Gasteiger partial charge in [-0.25, -0.2) is 0 Å². The molecule has 0 aromatic heterocycles. The molecule has 0 amide bonds. The number of hydrogen-bond donors (Lipinski definition) is 3. The van der Waals surface area contributed by atoms with Crippen LogP contribution in [0.1, 0.15) is 42.2 Å². The third-order valence-electron chi connectivity index (χ3n) is 4.50. The molecule has 3 N–H and O–H groups in total. The number of aromatic hydroxyl groups is 1. The largest absolute Gasteiger partial charge is 0.508 e. The summed E-state index contributed by atoms with van der Waals surface area (Å²) in [5, 5.41) is 23.1. The number of nitrogens with one attached hydrogen (secondary N) is 1. The number of aliphatic hydroxyl groups is 1. The van der Waals surface area contributed by atoms with Gasteiger partial charge in [-0.3, -0.25) is 0 Å². The van der Waals surface area contributed by atoms with E-state index in [2.05, 4.69) is 31.3 Å². The van der Waals surface area contributed by atoms with Gasteiger partial charge in [-0.15, -0.1) is 0 Å². The molecule has 0 unspecified atom stereocenters. The number of ether oxygens (including phenoxy) is 1. The smallest absolute Gasteiger partial charge is 0.122 e. The number of benzene rings is 2. The molecule has 0 radical (unpaired) electrons. The van der Waals surface area contributed by atoms with E-state index in [1.807, 2.05) is 13.8 Å². The van der Waals surface area contributed by atoms with Crippen LogP contribution in [0.5, 0.6) is 11.5 Å². The zero-order valence-corrected chi connectivity index (χ0v) is 15.5. The average molecular weight is 343 g/mol. The molecule has 0 aliphatic heterocycles. The zero-order valence-electron chi connectivity index (χ0n) is 15.5. The van der Waals surface area contributed by atoms with Gasteiger partial charge in [0.1, 0.15) is 11.5 Å². The predicted molar refractivity (Wildman–Crippen MR) is 101 cm³/mol. The Morgan fingerprint density at radius 2 is 1.76 bits per heavy atom. The summed E-state index contributed by atoms with van der Waals surface area (Å²) in [6.07, 6.45) is 0.287. The van der Waals surface area contributed by atoms with E-state index >= 15 is 0 Å². The molecule has 4 heteroatoms. The van der Waals surface area contributed by atoms with Crippen LogP contribution in [0.3, 0.4) is 0 Å². The SMILES string of the molecule is CCOc1cc(C)c(CCN[C@@H](C)[C@H](O)c2ccc(O)cc2)cc1C. The first kappa shape index (κ1) is 19.3. The Bertz CT molecular complexity index is 682. The average Bonchev–Trinajstić information content (AvgIpc) is 2.59. The molecular formula is C21H29NO3. The molecule has 136 valence electrons. The van der Waals surface area contributed by atoms with Crippen molar-refractivity contribution in [2.45, 2.75) is 46.3 Å². The van der Waals surface area contributed by atoms with Gasteiger partial charge in [-0.05, 0) is 81.1 Å². The number of aliphatic hydroxyl groups excluding tert-OH is 1. The van der Waals surface area contributed by atoms with Crippen molar-refractivity contribution in [1.29, 1.82) is 0 Å². The Hall–Kier alpha value is -2.04. The van der Waals surface area contributed by atoms with Crippen LogP contribution >= 0.6 is 0 Å². The van der Waals surface area contributed by atoms with Crippen LogP contribution in [0.15, 0.2) is 36.4 Å². The fraction of sp³-hybridized carbons (Fsp3) is 0.429. The number of rotatable bonds is 8. The Kier molecular flexibility index (Phi) is 6.85. The topological polar surface area (TPSA) is 61.7 Å². The number of aryl methyl sites for hydroxylation is 2. The second-order valence-corrected chi connectivity index (χ2v) is 6.51. The Morgan fingerprint density at radius 1 is 1.08 bits per heavy atom. The number of phenolic OH excluding ortho intramolecular Hbond substituents is 1. The van der Waals surface area contributed by atoms with E-state index in [1.54, 1.807) is 24.3 Å². The molecule has 0 saturated heterocycles. The molecule has 2 aromatic carbocycles. The second kappa shape index (κ2) is 8.88. The van der Waals surface area contributed by atoms with Crippen molar-refractivity contribution in [3.8, 4) is 11.5 Å². The maximum absolute atomic E-state index is 10.4. The van der Waals surface area contributed by atoms with Gasteiger partial charge in [-0.2, -0.15) is 0 Å². The van der Waals surface area contributed by atoms with Gasteiger partial charge >= 0.3 is 0 Å². The maximum atomic E-state index is 10.4. The third-order valence-corrected chi connectivity index (χ3v) is 4.50. The van der Waals surface area contributed by atoms with Crippen LogP contribution < -0.4 is 10.1 Å². The first-order valence-electron chi connectivity index (χ1n) is 8.85. The van der Waals surface area contributed by atoms with Crippen LogP contribution in [0.2, 0.25) is 0 Å². The molecule has 0 aliphatic carbocycles. The van der Waals surface area contributed by atoms with Gasteiger partial charge in [0.15, 0.2) is 0 Å². The Labute approximate surface area is 150 Å². The summed E-state index contributed by atoms with van der Waals surface area (Å²) in [6, 6.07) is 10.9. The van der Waals surface area contributed by atoms with Gasteiger partial charge in [0.05, 0.1) is 12.7 Å². The highest BCUT2D eigenvalue weighted by Crippen LogP contribution is 2.23. The van der Waals surface area contributed by atoms with Crippen LogP contribution in [0, 0.1) is 13.8 Å². The van der Waals surface area contributed by atoms with Crippen molar-refractivity contribution in [2.75, 3.05) is 13.2 Å². The molecule has 2 atom stereocenters. The highest BCUT2D eigenvalue weighted by Gasteiger charge is 2.16. The molecule has 0 aliphatic rings. The van der Waals surface area contributed by atoms with Crippen molar-refractivity contribution in [2.24, 2.45) is 0 Å². The quantitative estimate of drug-likeness (QED) is 0.684. The monoisotopic (exact) mass is 343 g/mol. The van der Waals surface area contributed by atoms with Gasteiger partial charge in [0.25, 0.3) is 0 Å². The van der Waals surface area contributed by atoms with Crippen LogP contribution in [-0.4, -0.2) is 29.4 Å². The van der Waals surface area contributed by atoms with E-state index in [9.17, 15) is 10.2 Å². The van der Waals surface area contributed by atoms with Gasteiger partial charge in [0.2, 0.25) is 0 Å². The van der Waals surface area contributed by atoms with E-state index in [0.29, 0.717) is 6.61 Å². The lowest BCUT2D eigenvalue weighted by Gasteiger charge is -2.21. The predicted octanol–water partition coefficient (Wildman–Crippen LogP) is 3.66. The number of hydrogen-bond acceptors (Lipinski definition) is 4. The normalized spacial score (nSPS) is 13.5. The van der Waals surface area contributed by atoms with E-state index in [4.69, 9.17) is 4.74 Å². The number of phenols is 1. The van der Waals surface area contributed by atoms with Crippen molar-refractivity contribution >= 4 is 0 Å². The van der Waals surface area contributed by atoms with Crippen molar-refractivity contribution < 1.29 is 14.9 Å². The molecule has 4 nitrogen and oxygen atoms in total. The first-order valence-corrected chi connectivity index (χ1v) is 8.85. The molecular weight excluding hydrogens is 314 g/mol. The van der Waals surface area contributed by atoms with Crippen LogP contribution in [0.25, 0.3) is 0 Å². The molecule has 0 spiro atoms. The minimum absolute atomic E-state index is 0.0753. The summed E-state index contributed by atoms with van der Waals surface area (Å²) in [5.41, 5.74) is 4.47. The minimum atomic E-state index is -0.608. The van der Waals surface area contributed by atoms with Gasteiger partial charge < -0.3 is 20.3 Å². The summed E-state index contributed by atoms with van der Waals surface area (Å²) >= 11 is 0. The Morgan fingerprint density at radius 3 is 2.40 bits per heavy atom. The second-order valence-electron chi connectivity index (χ2n) is 6.51. The summed E-state index contributed by atoms with van der Waals surface area (Å²) < 4.78 is 5.64. The molecule has 0 fully saturated rings. The van der Waals surface area contributed by atoms with Gasteiger partial charge in [-0.1, -0.05) is 18.2 Å². The molecule has 0 heterocycles. The fourth-order valence-electron chi connectivity index (χ4n) is 2.94. The molecule has 25 heavy (non-hydrogen) atoms. The van der Waals surface area contributed by atoms with E-state index in [-0.39, 0.29) is 11.8 Å². The molecule has 2 aromatic rings. The standard InChI is InChI=1S/C21H29NO3/c1-5-25-20-13-14(2)18(12-15(20)3)10-11-22-16(4)21(24)17-6-8-19(23)9-7-17/h6-9,12-13,16,21-24H,5,10-11H2,1-4H3/t16-,21-/m0/s1. The summed E-state index contributed by atoms with van der Waals surface area (Å²) in [4.78, 5) is 0. The highest BCUT2D eigenvalue weighted by atomic mass is 16.5. The lowest BCUT2D eigenvalue weighted by molar-refractivity contribution is 0.136. The summed E-state index contributed by atoms with van der Waals surface area (Å²) in [5.74, 6) is 1.16. The summed E-state index contributed by atoms with van der Waals surface area (Å²) in [6.45, 7) is 9.59. The molecule has 2 rings (SSSR count). The zero-order chi connectivity index (χ0) is 18.4. The van der Waals surface area contributed by atoms with Crippen molar-refractivity contribution in [3.05, 3.63) is 58.7 Å². The maximum Gasteiger partial charge on any atom is 0.122 e. The molecule has 0 bridgehead atoms.